The van der Waals surface area contributed by atoms with Gasteiger partial charge in [0.15, 0.2) is 0 Å². The lowest BCUT2D eigenvalue weighted by Gasteiger charge is -2.53. The Morgan fingerprint density at radius 2 is 1.63 bits per heavy atom. The first-order chi connectivity index (χ1) is 16.8. The third kappa shape index (κ3) is 4.09. The van der Waals surface area contributed by atoms with Gasteiger partial charge in [0.1, 0.15) is 0 Å². The maximum atomic E-state index is 13.2. The van der Waals surface area contributed by atoms with E-state index < -0.39 is 22.9 Å². The van der Waals surface area contributed by atoms with Crippen molar-refractivity contribution in [3.63, 3.8) is 0 Å². The zero-order valence-electron chi connectivity index (χ0n) is 20.6. The Bertz CT molecular complexity index is 1160. The standard InChI is InChI=1S/C31H35NO3/c1-22(2)24-13-15-26(16-14-24)31(35)18-17-27(25-11-7-4-8-12-25)30(29(33)34)21-32(20-28(30)31)19-23-9-5-3-6-10-23/h3-16,22,27-28,35H,17-21H2,1-2H3,(H,33,34)/p-1. The molecule has 2 aliphatic rings. The lowest BCUT2D eigenvalue weighted by atomic mass is 9.53. The number of rotatable bonds is 6. The van der Waals surface area contributed by atoms with Gasteiger partial charge in [-0.25, -0.2) is 0 Å². The van der Waals surface area contributed by atoms with Crippen LogP contribution in [0, 0.1) is 11.3 Å². The van der Waals surface area contributed by atoms with Gasteiger partial charge in [-0.05, 0) is 46.9 Å². The van der Waals surface area contributed by atoms with Gasteiger partial charge < -0.3 is 15.0 Å². The molecular weight excluding hydrogens is 434 g/mol. The van der Waals surface area contributed by atoms with Gasteiger partial charge >= 0.3 is 0 Å². The number of fused-ring (bicyclic) bond motifs is 1. The average molecular weight is 469 g/mol. The maximum absolute atomic E-state index is 13.2. The van der Waals surface area contributed by atoms with E-state index in [1.807, 2.05) is 60.7 Å². The third-order valence-electron chi connectivity index (χ3n) is 8.47. The zero-order chi connectivity index (χ0) is 24.6. The summed E-state index contributed by atoms with van der Waals surface area (Å²) < 4.78 is 0. The summed E-state index contributed by atoms with van der Waals surface area (Å²) in [5, 5.41) is 25.4. The van der Waals surface area contributed by atoms with Crippen molar-refractivity contribution in [1.29, 1.82) is 0 Å². The molecule has 1 aliphatic carbocycles. The minimum absolute atomic E-state index is 0.213. The first-order valence-corrected chi connectivity index (χ1v) is 12.7. The average Bonchev–Trinajstić information content (AvgIpc) is 3.27. The van der Waals surface area contributed by atoms with Gasteiger partial charge in [0.2, 0.25) is 0 Å². The summed E-state index contributed by atoms with van der Waals surface area (Å²) in [4.78, 5) is 15.4. The van der Waals surface area contributed by atoms with Crippen molar-refractivity contribution >= 4 is 5.97 Å². The highest BCUT2D eigenvalue weighted by molar-refractivity contribution is 5.76. The van der Waals surface area contributed by atoms with Crippen LogP contribution in [0.1, 0.15) is 60.8 Å². The van der Waals surface area contributed by atoms with Crippen LogP contribution in [0.15, 0.2) is 84.9 Å². The van der Waals surface area contributed by atoms with Gasteiger partial charge in [0.05, 0.1) is 5.60 Å². The van der Waals surface area contributed by atoms with Crippen LogP contribution < -0.4 is 5.11 Å². The fraction of sp³-hybridized carbons (Fsp3) is 0.387. The summed E-state index contributed by atoms with van der Waals surface area (Å²) >= 11 is 0. The number of hydrogen-bond acceptors (Lipinski definition) is 4. The number of carbonyl (C=O) groups excluding carboxylic acids is 1. The quantitative estimate of drug-likeness (QED) is 0.581. The Balaban J connectivity index is 1.59. The number of nitrogens with zero attached hydrogens (tertiary/aromatic N) is 1. The fourth-order valence-corrected chi connectivity index (χ4v) is 6.65. The van der Waals surface area contributed by atoms with Crippen LogP contribution in [0.4, 0.5) is 0 Å². The van der Waals surface area contributed by atoms with Crippen LogP contribution in [0.3, 0.4) is 0 Å². The molecule has 182 valence electrons. The van der Waals surface area contributed by atoms with Crippen LogP contribution in [-0.2, 0) is 16.9 Å². The highest BCUT2D eigenvalue weighted by Gasteiger charge is 2.63. The topological polar surface area (TPSA) is 63.6 Å². The van der Waals surface area contributed by atoms with Crippen LogP contribution >= 0.6 is 0 Å². The number of hydrogen-bond donors (Lipinski definition) is 1. The molecule has 1 N–H and O–H groups in total. The minimum Gasteiger partial charge on any atom is -0.549 e. The van der Waals surface area contributed by atoms with Crippen molar-refractivity contribution in [3.05, 3.63) is 107 Å². The van der Waals surface area contributed by atoms with Gasteiger partial charge in [-0.2, -0.15) is 0 Å². The van der Waals surface area contributed by atoms with E-state index in [4.69, 9.17) is 0 Å². The van der Waals surface area contributed by atoms with Crippen molar-refractivity contribution < 1.29 is 15.0 Å². The Morgan fingerprint density at radius 1 is 1.00 bits per heavy atom. The van der Waals surface area contributed by atoms with E-state index in [9.17, 15) is 15.0 Å². The van der Waals surface area contributed by atoms with Gasteiger partial charge in [0.25, 0.3) is 0 Å². The molecule has 35 heavy (non-hydrogen) atoms. The third-order valence-corrected chi connectivity index (χ3v) is 8.47. The number of carboxylic acid groups (broad SMARTS) is 1. The number of likely N-dealkylation sites (tertiary alicyclic amines) is 1. The summed E-state index contributed by atoms with van der Waals surface area (Å²) in [7, 11) is 0. The molecule has 1 aliphatic heterocycles. The highest BCUT2D eigenvalue weighted by atomic mass is 16.4. The van der Waals surface area contributed by atoms with E-state index in [2.05, 4.69) is 43.0 Å². The molecule has 0 radical (unpaired) electrons. The van der Waals surface area contributed by atoms with E-state index in [0.717, 1.165) is 16.7 Å². The molecule has 1 heterocycles. The Hall–Kier alpha value is -2.95. The minimum atomic E-state index is -1.23. The van der Waals surface area contributed by atoms with Crippen molar-refractivity contribution in [3.8, 4) is 0 Å². The molecule has 0 spiro atoms. The van der Waals surface area contributed by atoms with Crippen LogP contribution in [0.25, 0.3) is 0 Å². The van der Waals surface area contributed by atoms with E-state index in [-0.39, 0.29) is 5.92 Å². The van der Waals surface area contributed by atoms with Gasteiger partial charge in [-0.3, -0.25) is 4.90 Å². The molecular formula is C31H34NO3-. The molecule has 3 aromatic rings. The molecule has 3 aromatic carbocycles. The predicted octanol–water partition coefficient (Wildman–Crippen LogP) is 4.44. The smallest absolute Gasteiger partial charge is 0.0946 e. The summed E-state index contributed by atoms with van der Waals surface area (Å²) in [6.07, 6.45) is 1.11. The molecule has 1 saturated carbocycles. The van der Waals surface area contributed by atoms with Crippen molar-refractivity contribution in [2.75, 3.05) is 13.1 Å². The van der Waals surface area contributed by atoms with Crippen molar-refractivity contribution in [1.82, 2.24) is 4.90 Å². The highest BCUT2D eigenvalue weighted by Crippen LogP contribution is 2.60. The lowest BCUT2D eigenvalue weighted by molar-refractivity contribution is -0.327. The summed E-state index contributed by atoms with van der Waals surface area (Å²) in [5.41, 5.74) is 1.76. The second-order valence-electron chi connectivity index (χ2n) is 10.7. The second kappa shape index (κ2) is 9.25. The molecule has 4 nitrogen and oxygen atoms in total. The molecule has 0 aromatic heterocycles. The van der Waals surface area contributed by atoms with Gasteiger partial charge in [-0.1, -0.05) is 98.8 Å². The number of benzene rings is 3. The van der Waals surface area contributed by atoms with E-state index in [0.29, 0.717) is 38.4 Å². The normalized spacial score (nSPS) is 28.7. The van der Waals surface area contributed by atoms with Gasteiger partial charge in [0, 0.05) is 36.9 Å². The second-order valence-corrected chi connectivity index (χ2v) is 10.7. The first kappa shape index (κ1) is 23.8. The molecule has 0 amide bonds. The maximum Gasteiger partial charge on any atom is 0.0946 e. The molecule has 0 bridgehead atoms. The van der Waals surface area contributed by atoms with Crippen LogP contribution in [0.2, 0.25) is 0 Å². The first-order valence-electron chi connectivity index (χ1n) is 12.7. The molecule has 5 rings (SSSR count). The molecule has 4 atom stereocenters. The van der Waals surface area contributed by atoms with E-state index in [1.54, 1.807) is 0 Å². The summed E-state index contributed by atoms with van der Waals surface area (Å²) in [6, 6.07) is 28.2. The van der Waals surface area contributed by atoms with Crippen LogP contribution in [-0.4, -0.2) is 29.1 Å². The number of aliphatic carboxylic acids is 1. The fourth-order valence-electron chi connectivity index (χ4n) is 6.65. The monoisotopic (exact) mass is 468 g/mol. The molecule has 2 fully saturated rings. The molecule has 1 saturated heterocycles. The van der Waals surface area contributed by atoms with Crippen molar-refractivity contribution in [2.24, 2.45) is 11.3 Å². The van der Waals surface area contributed by atoms with E-state index in [1.165, 1.54) is 5.56 Å². The molecule has 4 unspecified atom stereocenters. The summed E-state index contributed by atoms with van der Waals surface area (Å²) in [6.45, 7) is 5.81. The van der Waals surface area contributed by atoms with Crippen molar-refractivity contribution in [2.45, 2.75) is 50.7 Å². The van der Waals surface area contributed by atoms with E-state index >= 15 is 0 Å². The number of aliphatic hydroxyl groups is 1. The summed E-state index contributed by atoms with van der Waals surface area (Å²) in [5.74, 6) is -1.35. The number of carbonyl (C=O) groups is 1. The SMILES string of the molecule is CC(C)c1ccc(C2(O)CCC(c3ccccc3)C3(C(=O)[O-])CN(Cc4ccccc4)CC23)cc1. The Labute approximate surface area is 208 Å². The van der Waals surface area contributed by atoms with Gasteiger partial charge in [-0.15, -0.1) is 0 Å². The molecule has 4 heteroatoms. The predicted molar refractivity (Wildman–Crippen MR) is 135 cm³/mol. The lowest BCUT2D eigenvalue weighted by Crippen LogP contribution is -2.59. The van der Waals surface area contributed by atoms with Crippen LogP contribution in [0.5, 0.6) is 0 Å². The zero-order valence-corrected chi connectivity index (χ0v) is 20.6. The Morgan fingerprint density at radius 3 is 2.23 bits per heavy atom. The number of carboxylic acids is 1. The largest absolute Gasteiger partial charge is 0.549 e. The Kier molecular flexibility index (Phi) is 6.29.